The third kappa shape index (κ3) is 5.65. The number of hydrogen-bond donors (Lipinski definition) is 0. The molecule has 0 unspecified atom stereocenters. The fourth-order valence-corrected chi connectivity index (χ4v) is 6.49. The van der Waals surface area contributed by atoms with Crippen LogP contribution >= 0.6 is 11.6 Å². The maximum atomic E-state index is 16.6. The molecular weight excluding hydrogens is 617 g/mol. The van der Waals surface area contributed by atoms with Crippen molar-refractivity contribution < 1.29 is 31.5 Å². The van der Waals surface area contributed by atoms with Crippen molar-refractivity contribution in [3.05, 3.63) is 71.3 Å². The van der Waals surface area contributed by atoms with Gasteiger partial charge in [-0.25, -0.2) is 22.0 Å². The first-order chi connectivity index (χ1) is 21.4. The smallest absolute Gasteiger partial charge is 0.319 e. The number of benzene rings is 3. The molecule has 0 spiro atoms. The predicted molar refractivity (Wildman–Crippen MR) is 162 cm³/mol. The normalized spacial score (nSPS) is 20.8. The second kappa shape index (κ2) is 12.1. The van der Waals surface area contributed by atoms with E-state index in [4.69, 9.17) is 16.3 Å². The van der Waals surface area contributed by atoms with Crippen LogP contribution in [0.15, 0.2) is 48.8 Å². The van der Waals surface area contributed by atoms with Crippen LogP contribution < -0.4 is 9.64 Å². The minimum atomic E-state index is -1.09. The summed E-state index contributed by atoms with van der Waals surface area (Å²) in [6, 6.07) is 7.49. The van der Waals surface area contributed by atoms with E-state index in [9.17, 15) is 18.0 Å². The molecular formula is C32H29ClF5N5O2. The van der Waals surface area contributed by atoms with Gasteiger partial charge in [-0.3, -0.25) is 9.69 Å². The summed E-state index contributed by atoms with van der Waals surface area (Å²) in [5.74, 6) is -4.52. The van der Waals surface area contributed by atoms with E-state index in [1.54, 1.807) is 35.9 Å². The highest BCUT2D eigenvalue weighted by atomic mass is 35.5. The van der Waals surface area contributed by atoms with E-state index in [0.29, 0.717) is 5.39 Å². The Morgan fingerprint density at radius 3 is 2.58 bits per heavy atom. The monoisotopic (exact) mass is 645 g/mol. The van der Waals surface area contributed by atoms with E-state index in [-0.39, 0.29) is 84.0 Å². The predicted octanol–water partition coefficient (Wildman–Crippen LogP) is 6.46. The Labute approximate surface area is 260 Å². The number of nitrogens with zero attached hydrogens (tertiary/aromatic N) is 5. The Bertz CT molecular complexity index is 1840. The molecule has 13 heteroatoms. The number of alkyl halides is 1. The molecule has 4 aromatic rings. The molecule has 1 amide bonds. The van der Waals surface area contributed by atoms with Gasteiger partial charge in [0.15, 0.2) is 11.6 Å². The number of aromatic nitrogens is 2. The fourth-order valence-electron chi connectivity index (χ4n) is 6.21. The molecule has 2 aliphatic heterocycles. The minimum absolute atomic E-state index is 0.0200. The van der Waals surface area contributed by atoms with E-state index >= 15 is 8.78 Å². The van der Waals surface area contributed by atoms with Gasteiger partial charge in [0.25, 0.3) is 5.91 Å². The SMILES string of the molecule is C=C(F)C(=O)N1CCN(c2nc(OC[C@@H]3C[C@@H](F)CN3C)nc3c(F)c(-c4cccc5ccc(F)c(Cl)c45)c(F)cc23)[C@@H](C)C1. The molecule has 3 heterocycles. The lowest BCUT2D eigenvalue weighted by molar-refractivity contribution is -0.129. The van der Waals surface area contributed by atoms with Crippen molar-refractivity contribution in [2.75, 3.05) is 44.7 Å². The lowest BCUT2D eigenvalue weighted by Gasteiger charge is -2.40. The van der Waals surface area contributed by atoms with Crippen LogP contribution in [0.1, 0.15) is 13.3 Å². The maximum absolute atomic E-state index is 16.6. The summed E-state index contributed by atoms with van der Waals surface area (Å²) in [6.45, 7) is 5.46. The van der Waals surface area contributed by atoms with Crippen molar-refractivity contribution in [3.8, 4) is 17.1 Å². The highest BCUT2D eigenvalue weighted by Crippen LogP contribution is 2.41. The topological polar surface area (TPSA) is 61.8 Å². The van der Waals surface area contributed by atoms with Crippen molar-refractivity contribution in [3.63, 3.8) is 0 Å². The van der Waals surface area contributed by atoms with Gasteiger partial charge in [-0.15, -0.1) is 0 Å². The van der Waals surface area contributed by atoms with E-state index in [2.05, 4.69) is 16.5 Å². The molecule has 0 N–H and O–H groups in total. The zero-order valence-corrected chi connectivity index (χ0v) is 25.2. The number of fused-ring (bicyclic) bond motifs is 2. The number of amides is 1. The van der Waals surface area contributed by atoms with E-state index in [1.807, 2.05) is 0 Å². The van der Waals surface area contributed by atoms with Gasteiger partial charge in [0.1, 0.15) is 35.7 Å². The number of halogens is 6. The average Bonchev–Trinajstić information content (AvgIpc) is 3.33. The molecule has 2 aliphatic rings. The number of likely N-dealkylation sites (tertiary alicyclic amines) is 1. The van der Waals surface area contributed by atoms with E-state index < -0.39 is 47.0 Å². The summed E-state index contributed by atoms with van der Waals surface area (Å²) in [7, 11) is 1.77. The van der Waals surface area contributed by atoms with Gasteiger partial charge in [0, 0.05) is 49.0 Å². The minimum Gasteiger partial charge on any atom is -0.462 e. The molecule has 3 atom stereocenters. The Morgan fingerprint density at radius 1 is 1.11 bits per heavy atom. The van der Waals surface area contributed by atoms with Crippen molar-refractivity contribution in [1.29, 1.82) is 0 Å². The number of carbonyl (C=O) groups is 1. The van der Waals surface area contributed by atoms with Crippen molar-refractivity contribution >= 4 is 45.0 Å². The number of carbonyl (C=O) groups excluding carboxylic acids is 1. The number of piperazine rings is 1. The van der Waals surface area contributed by atoms with Gasteiger partial charge >= 0.3 is 6.01 Å². The van der Waals surface area contributed by atoms with Crippen molar-refractivity contribution in [2.24, 2.45) is 0 Å². The van der Waals surface area contributed by atoms with Crippen LogP contribution in [0.4, 0.5) is 27.8 Å². The molecule has 0 bridgehead atoms. The van der Waals surface area contributed by atoms with Crippen LogP contribution in [0.3, 0.4) is 0 Å². The Morgan fingerprint density at radius 2 is 1.89 bits per heavy atom. The van der Waals surface area contributed by atoms with Gasteiger partial charge in [-0.1, -0.05) is 42.4 Å². The van der Waals surface area contributed by atoms with Crippen LogP contribution in [0.5, 0.6) is 6.01 Å². The summed E-state index contributed by atoms with van der Waals surface area (Å²) in [5, 5.41) is 0.366. The third-order valence-electron chi connectivity index (χ3n) is 8.51. The van der Waals surface area contributed by atoms with E-state index in [1.165, 1.54) is 23.1 Å². The molecule has 0 aliphatic carbocycles. The largest absolute Gasteiger partial charge is 0.462 e. The molecule has 2 fully saturated rings. The molecule has 236 valence electrons. The molecule has 45 heavy (non-hydrogen) atoms. The van der Waals surface area contributed by atoms with Gasteiger partial charge in [0.2, 0.25) is 0 Å². The summed E-state index contributed by atoms with van der Waals surface area (Å²) >= 11 is 6.29. The first kappa shape index (κ1) is 31.0. The summed E-state index contributed by atoms with van der Waals surface area (Å²) < 4.78 is 80.6. The second-order valence-corrected chi connectivity index (χ2v) is 11.9. The Balaban J connectivity index is 1.49. The summed E-state index contributed by atoms with van der Waals surface area (Å²) in [4.78, 5) is 25.9. The van der Waals surface area contributed by atoms with Crippen LogP contribution in [-0.4, -0.2) is 83.8 Å². The van der Waals surface area contributed by atoms with Gasteiger partial charge in [-0.05, 0) is 43.5 Å². The third-order valence-corrected chi connectivity index (χ3v) is 8.88. The molecule has 3 aromatic carbocycles. The van der Waals surface area contributed by atoms with Gasteiger partial charge < -0.3 is 14.5 Å². The molecule has 6 rings (SSSR count). The van der Waals surface area contributed by atoms with Crippen molar-refractivity contribution in [1.82, 2.24) is 19.8 Å². The summed E-state index contributed by atoms with van der Waals surface area (Å²) in [5.41, 5.74) is -0.691. The van der Waals surface area contributed by atoms with Crippen LogP contribution in [-0.2, 0) is 4.79 Å². The second-order valence-electron chi connectivity index (χ2n) is 11.5. The average molecular weight is 646 g/mol. The van der Waals surface area contributed by atoms with Crippen LogP contribution in [0, 0.1) is 17.5 Å². The number of anilines is 1. The highest BCUT2D eigenvalue weighted by Gasteiger charge is 2.33. The fraction of sp³-hybridized carbons (Fsp3) is 0.344. The molecule has 0 radical (unpaired) electrons. The van der Waals surface area contributed by atoms with Crippen LogP contribution in [0.25, 0.3) is 32.8 Å². The van der Waals surface area contributed by atoms with Crippen LogP contribution in [0.2, 0.25) is 5.02 Å². The summed E-state index contributed by atoms with van der Waals surface area (Å²) in [6.07, 6.45) is -0.774. The highest BCUT2D eigenvalue weighted by molar-refractivity contribution is 6.37. The number of likely N-dealkylation sites (N-methyl/N-ethyl adjacent to an activating group) is 1. The van der Waals surface area contributed by atoms with Gasteiger partial charge in [-0.2, -0.15) is 9.97 Å². The quantitative estimate of drug-likeness (QED) is 0.177. The van der Waals surface area contributed by atoms with E-state index in [0.717, 1.165) is 6.07 Å². The zero-order chi connectivity index (χ0) is 32.2. The molecule has 0 saturated carbocycles. The molecule has 7 nitrogen and oxygen atoms in total. The van der Waals surface area contributed by atoms with Gasteiger partial charge in [0.05, 0.1) is 10.6 Å². The zero-order valence-electron chi connectivity index (χ0n) is 24.5. The standard InChI is InChI=1S/C32H29ClF5N5O2/c1-16-13-42(31(44)17(2)34)9-10-43(16)30-22-12-24(37)26(21-6-4-5-18-7-8-23(36)27(33)25(18)21)28(38)29(22)39-32(40-30)45-15-20-11-19(35)14-41(20)3/h4-8,12,16,19-20H,2,9-11,13-15H2,1,3H3/t16-,19+,20-/m0/s1. The molecule has 2 saturated heterocycles. The Hall–Kier alpha value is -4.03. The first-order valence-electron chi connectivity index (χ1n) is 14.4. The van der Waals surface area contributed by atoms with Crippen molar-refractivity contribution in [2.45, 2.75) is 31.6 Å². The lowest BCUT2D eigenvalue weighted by Crippen LogP contribution is -2.54. The maximum Gasteiger partial charge on any atom is 0.319 e. The lowest BCUT2D eigenvalue weighted by atomic mass is 9.96. The molecule has 1 aromatic heterocycles. The Kier molecular flexibility index (Phi) is 8.30. The number of rotatable bonds is 6. The number of hydrogen-bond acceptors (Lipinski definition) is 6. The first-order valence-corrected chi connectivity index (χ1v) is 14.8. The number of ether oxygens (including phenoxy) is 1.